The van der Waals surface area contributed by atoms with Crippen LogP contribution in [-0.2, 0) is 0 Å². The van der Waals surface area contributed by atoms with Crippen molar-refractivity contribution in [1.29, 1.82) is 0 Å². The van der Waals surface area contributed by atoms with Crippen molar-refractivity contribution in [3.05, 3.63) is 66.9 Å². The van der Waals surface area contributed by atoms with Crippen molar-refractivity contribution in [2.45, 2.75) is 5.16 Å². The summed E-state index contributed by atoms with van der Waals surface area (Å²) in [6.45, 7) is 0. The van der Waals surface area contributed by atoms with Gasteiger partial charge in [0.1, 0.15) is 5.75 Å². The van der Waals surface area contributed by atoms with E-state index in [-0.39, 0.29) is 0 Å². The first-order valence-corrected chi connectivity index (χ1v) is 9.14. The Morgan fingerprint density at radius 1 is 0.880 bits per heavy atom. The lowest BCUT2D eigenvalue weighted by atomic mass is 10.0. The van der Waals surface area contributed by atoms with Crippen molar-refractivity contribution >= 4 is 17.3 Å². The van der Waals surface area contributed by atoms with E-state index in [1.54, 1.807) is 25.1 Å². The lowest BCUT2D eigenvalue weighted by Crippen LogP contribution is -1.97. The molecule has 0 atom stereocenters. The van der Waals surface area contributed by atoms with E-state index in [9.17, 15) is 0 Å². The van der Waals surface area contributed by atoms with Gasteiger partial charge in [0, 0.05) is 5.56 Å². The van der Waals surface area contributed by atoms with Crippen molar-refractivity contribution < 1.29 is 4.74 Å². The molecule has 25 heavy (non-hydrogen) atoms. The lowest BCUT2D eigenvalue weighted by Gasteiger charge is -2.08. The van der Waals surface area contributed by atoms with E-state index in [0.29, 0.717) is 0 Å². The average molecular weight is 347 g/mol. The number of fused-ring (bicyclic) bond motifs is 1. The molecule has 0 spiro atoms. The molecule has 4 rings (SSSR count). The highest BCUT2D eigenvalue weighted by molar-refractivity contribution is 7.98. The monoisotopic (exact) mass is 347 g/mol. The van der Waals surface area contributed by atoms with Crippen LogP contribution >= 0.6 is 11.8 Å². The van der Waals surface area contributed by atoms with Crippen LogP contribution in [0.3, 0.4) is 0 Å². The Balaban J connectivity index is 1.69. The molecule has 4 aromatic rings. The molecule has 0 N–H and O–H groups in total. The minimum Gasteiger partial charge on any atom is -0.497 e. The van der Waals surface area contributed by atoms with Gasteiger partial charge in [-0.2, -0.15) is 5.10 Å². The summed E-state index contributed by atoms with van der Waals surface area (Å²) in [5.41, 5.74) is 5.43. The van der Waals surface area contributed by atoms with Crippen LogP contribution < -0.4 is 4.74 Å². The second-order valence-corrected chi connectivity index (χ2v) is 6.38. The second-order valence-electron chi connectivity index (χ2n) is 5.60. The maximum atomic E-state index is 5.21. The molecule has 0 aliphatic carbocycles. The Morgan fingerprint density at radius 3 is 2.16 bits per heavy atom. The van der Waals surface area contributed by atoms with Crippen LogP contribution in [0.5, 0.6) is 5.75 Å². The normalized spacial score (nSPS) is 11.0. The first-order valence-electron chi connectivity index (χ1n) is 7.92. The number of nitrogens with zero attached hydrogens (tertiary/aromatic N) is 3. The molecule has 0 saturated carbocycles. The third kappa shape index (κ3) is 2.98. The highest BCUT2D eigenvalue weighted by atomic mass is 32.2. The Bertz CT molecular complexity index is 1010. The predicted octanol–water partition coefficient (Wildman–Crippen LogP) is 4.79. The zero-order valence-electron chi connectivity index (χ0n) is 14.0. The Kier molecular flexibility index (Phi) is 4.15. The first-order chi connectivity index (χ1) is 12.3. The number of thioether (sulfide) groups is 1. The van der Waals surface area contributed by atoms with Gasteiger partial charge in [-0.25, -0.2) is 9.50 Å². The fraction of sp³-hybridized carbons (Fsp3) is 0.100. The summed E-state index contributed by atoms with van der Waals surface area (Å²) in [6, 6.07) is 20.6. The van der Waals surface area contributed by atoms with E-state index in [1.165, 1.54) is 5.56 Å². The number of rotatable bonds is 4. The first kappa shape index (κ1) is 15.7. The van der Waals surface area contributed by atoms with Crippen molar-refractivity contribution in [2.24, 2.45) is 0 Å². The van der Waals surface area contributed by atoms with Gasteiger partial charge < -0.3 is 4.74 Å². The fourth-order valence-electron chi connectivity index (χ4n) is 2.80. The van der Waals surface area contributed by atoms with E-state index >= 15 is 0 Å². The second kappa shape index (κ2) is 6.61. The van der Waals surface area contributed by atoms with Gasteiger partial charge in [0.05, 0.1) is 24.5 Å². The van der Waals surface area contributed by atoms with Crippen LogP contribution in [0, 0.1) is 0 Å². The van der Waals surface area contributed by atoms with Gasteiger partial charge in [0.25, 0.3) is 0 Å². The molecule has 2 aromatic carbocycles. The highest BCUT2D eigenvalue weighted by Crippen LogP contribution is 2.27. The standard InChI is InChI=1S/C20H17N3OS/c1-24-18-9-7-15(8-10-18)14-3-5-16(6-4-14)19-13-17-11-12-21-23(17)20(22-19)25-2/h3-13H,1-2H3. The SMILES string of the molecule is COc1ccc(-c2ccc(-c3cc4ccnn4c(SC)n3)cc2)cc1. The van der Waals surface area contributed by atoms with E-state index in [1.807, 2.05) is 29.0 Å². The van der Waals surface area contributed by atoms with Gasteiger partial charge in [-0.1, -0.05) is 48.2 Å². The van der Waals surface area contributed by atoms with Crippen LogP contribution in [0.2, 0.25) is 0 Å². The van der Waals surface area contributed by atoms with Gasteiger partial charge in [-0.3, -0.25) is 0 Å². The molecule has 0 bridgehead atoms. The molecule has 0 aliphatic rings. The summed E-state index contributed by atoms with van der Waals surface area (Å²) in [5, 5.41) is 5.20. The summed E-state index contributed by atoms with van der Waals surface area (Å²) < 4.78 is 7.08. The summed E-state index contributed by atoms with van der Waals surface area (Å²) in [6.07, 6.45) is 3.81. The molecule has 0 aliphatic heterocycles. The van der Waals surface area contributed by atoms with Gasteiger partial charge in [0.15, 0.2) is 5.16 Å². The number of aromatic nitrogens is 3. The molecular weight excluding hydrogens is 330 g/mol. The number of hydrogen-bond donors (Lipinski definition) is 0. The third-order valence-electron chi connectivity index (χ3n) is 4.14. The number of ether oxygens (including phenoxy) is 1. The summed E-state index contributed by atoms with van der Waals surface area (Å²) in [5.74, 6) is 0.864. The van der Waals surface area contributed by atoms with Crippen LogP contribution in [0.4, 0.5) is 0 Å². The minimum atomic E-state index is 0.864. The van der Waals surface area contributed by atoms with Crippen LogP contribution in [0.15, 0.2) is 72.0 Å². The summed E-state index contributed by atoms with van der Waals surface area (Å²) >= 11 is 1.59. The molecule has 0 amide bonds. The van der Waals surface area contributed by atoms with E-state index in [2.05, 4.69) is 47.6 Å². The molecule has 0 radical (unpaired) electrons. The van der Waals surface area contributed by atoms with Crippen LogP contribution in [0.25, 0.3) is 27.9 Å². The molecule has 0 unspecified atom stereocenters. The zero-order valence-corrected chi connectivity index (χ0v) is 14.8. The number of hydrogen-bond acceptors (Lipinski definition) is 4. The topological polar surface area (TPSA) is 39.4 Å². The third-order valence-corrected chi connectivity index (χ3v) is 4.77. The largest absolute Gasteiger partial charge is 0.497 e. The van der Waals surface area contributed by atoms with Crippen molar-refractivity contribution in [2.75, 3.05) is 13.4 Å². The smallest absolute Gasteiger partial charge is 0.189 e. The Morgan fingerprint density at radius 2 is 1.52 bits per heavy atom. The zero-order chi connectivity index (χ0) is 17.2. The van der Waals surface area contributed by atoms with E-state index in [0.717, 1.165) is 33.2 Å². The van der Waals surface area contributed by atoms with E-state index < -0.39 is 0 Å². The molecule has 0 fully saturated rings. The van der Waals surface area contributed by atoms with Crippen LogP contribution in [0.1, 0.15) is 0 Å². The van der Waals surface area contributed by atoms with Gasteiger partial charge in [0.2, 0.25) is 0 Å². The maximum Gasteiger partial charge on any atom is 0.189 e. The van der Waals surface area contributed by atoms with E-state index in [4.69, 9.17) is 9.72 Å². The Hall–Kier alpha value is -2.79. The molecule has 4 nitrogen and oxygen atoms in total. The van der Waals surface area contributed by atoms with Crippen LogP contribution in [-0.4, -0.2) is 28.0 Å². The summed E-state index contributed by atoms with van der Waals surface area (Å²) in [7, 11) is 1.68. The molecule has 2 heterocycles. The van der Waals surface area contributed by atoms with Crippen molar-refractivity contribution in [1.82, 2.24) is 14.6 Å². The Labute approximate surface area is 150 Å². The van der Waals surface area contributed by atoms with Gasteiger partial charge in [-0.15, -0.1) is 0 Å². The molecule has 5 heteroatoms. The number of methoxy groups -OCH3 is 1. The van der Waals surface area contributed by atoms with Gasteiger partial charge >= 0.3 is 0 Å². The molecule has 124 valence electrons. The predicted molar refractivity (Wildman–Crippen MR) is 102 cm³/mol. The quantitative estimate of drug-likeness (QED) is 0.393. The minimum absolute atomic E-state index is 0.864. The summed E-state index contributed by atoms with van der Waals surface area (Å²) in [4.78, 5) is 4.73. The van der Waals surface area contributed by atoms with Crippen molar-refractivity contribution in [3.8, 4) is 28.1 Å². The molecular formula is C20H17N3OS. The average Bonchev–Trinajstić information content (AvgIpc) is 3.16. The number of benzene rings is 2. The fourth-order valence-corrected chi connectivity index (χ4v) is 3.32. The maximum absolute atomic E-state index is 5.21. The lowest BCUT2D eigenvalue weighted by molar-refractivity contribution is 0.415. The molecule has 2 aromatic heterocycles. The van der Waals surface area contributed by atoms with Gasteiger partial charge in [-0.05, 0) is 41.6 Å². The van der Waals surface area contributed by atoms with Crippen molar-refractivity contribution in [3.63, 3.8) is 0 Å². The highest BCUT2D eigenvalue weighted by Gasteiger charge is 2.08. The molecule has 0 saturated heterocycles.